The molecule has 0 bridgehead atoms. The second-order valence-corrected chi connectivity index (χ2v) is 6.87. The summed E-state index contributed by atoms with van der Waals surface area (Å²) < 4.78 is 0. The average molecular weight is 271 g/mol. The van der Waals surface area contributed by atoms with Crippen molar-refractivity contribution in [1.29, 1.82) is 0 Å². The molecule has 1 N–H and O–H groups in total. The Morgan fingerprint density at radius 2 is 2.11 bits per heavy atom. The minimum atomic E-state index is 0.477. The smallest absolute Gasteiger partial charge is 0.0403 e. The lowest BCUT2D eigenvalue weighted by molar-refractivity contribution is 0.419. The Kier molecular flexibility index (Phi) is 3.46. The molecule has 19 heavy (non-hydrogen) atoms. The minimum Gasteiger partial charge on any atom is -0.310 e. The predicted octanol–water partition coefficient (Wildman–Crippen LogP) is 4.36. The number of rotatable bonds is 4. The lowest BCUT2D eigenvalue weighted by Crippen LogP contribution is -2.33. The van der Waals surface area contributed by atoms with E-state index in [0.29, 0.717) is 12.0 Å². The highest BCUT2D eigenvalue weighted by Crippen LogP contribution is 2.45. The molecule has 1 nitrogen and oxygen atoms in total. The van der Waals surface area contributed by atoms with Gasteiger partial charge in [-0.1, -0.05) is 31.2 Å². The Morgan fingerprint density at radius 1 is 1.32 bits per heavy atom. The molecule has 1 aliphatic carbocycles. The van der Waals surface area contributed by atoms with Gasteiger partial charge in [0.2, 0.25) is 0 Å². The fourth-order valence-electron chi connectivity index (χ4n) is 3.24. The van der Waals surface area contributed by atoms with Gasteiger partial charge in [-0.2, -0.15) is 0 Å². The van der Waals surface area contributed by atoms with Crippen molar-refractivity contribution < 1.29 is 0 Å². The van der Waals surface area contributed by atoms with Gasteiger partial charge in [0.15, 0.2) is 0 Å². The van der Waals surface area contributed by atoms with Crippen LogP contribution in [0.4, 0.5) is 0 Å². The van der Waals surface area contributed by atoms with Crippen molar-refractivity contribution >= 4 is 11.3 Å². The summed E-state index contributed by atoms with van der Waals surface area (Å²) in [5.41, 5.74) is 4.57. The standard InChI is InChI=1S/C17H21NS/c1-4-18-17(15-9-11(2)19-12(15)3)16-10-13-7-5-6-8-14(13)16/h5-9,16-18H,4,10H2,1-3H3. The van der Waals surface area contributed by atoms with Crippen molar-refractivity contribution in [2.45, 2.75) is 39.2 Å². The lowest BCUT2D eigenvalue weighted by Gasteiger charge is -2.37. The Balaban J connectivity index is 1.93. The molecule has 0 radical (unpaired) electrons. The van der Waals surface area contributed by atoms with Crippen molar-refractivity contribution in [3.8, 4) is 0 Å². The molecule has 2 heteroatoms. The summed E-state index contributed by atoms with van der Waals surface area (Å²) >= 11 is 1.92. The van der Waals surface area contributed by atoms with Gasteiger partial charge in [0.05, 0.1) is 0 Å². The molecule has 0 aliphatic heterocycles. The maximum absolute atomic E-state index is 3.70. The second-order valence-electron chi connectivity index (χ2n) is 5.41. The van der Waals surface area contributed by atoms with E-state index in [2.05, 4.69) is 56.4 Å². The Hall–Kier alpha value is -1.12. The van der Waals surface area contributed by atoms with E-state index in [1.54, 1.807) is 0 Å². The van der Waals surface area contributed by atoms with E-state index in [-0.39, 0.29) is 0 Å². The van der Waals surface area contributed by atoms with Crippen LogP contribution in [0.25, 0.3) is 0 Å². The van der Waals surface area contributed by atoms with Gasteiger partial charge in [0, 0.05) is 21.7 Å². The van der Waals surface area contributed by atoms with E-state index in [0.717, 1.165) is 6.54 Å². The number of benzene rings is 1. The highest BCUT2D eigenvalue weighted by molar-refractivity contribution is 7.12. The molecule has 0 fully saturated rings. The van der Waals surface area contributed by atoms with Gasteiger partial charge in [0.1, 0.15) is 0 Å². The zero-order chi connectivity index (χ0) is 13.4. The first-order valence-corrected chi connectivity index (χ1v) is 7.90. The van der Waals surface area contributed by atoms with E-state index in [9.17, 15) is 0 Å². The van der Waals surface area contributed by atoms with E-state index in [4.69, 9.17) is 0 Å². The van der Waals surface area contributed by atoms with Crippen LogP contribution in [-0.2, 0) is 6.42 Å². The molecule has 1 heterocycles. The molecule has 2 aromatic rings. The van der Waals surface area contributed by atoms with Gasteiger partial charge in [-0.3, -0.25) is 0 Å². The third-order valence-electron chi connectivity index (χ3n) is 4.14. The largest absolute Gasteiger partial charge is 0.310 e. The summed E-state index contributed by atoms with van der Waals surface area (Å²) in [7, 11) is 0. The predicted molar refractivity (Wildman–Crippen MR) is 83.1 cm³/mol. The van der Waals surface area contributed by atoms with Crippen LogP contribution in [0.1, 0.15) is 45.3 Å². The SMILES string of the molecule is CCNC(c1cc(C)sc1C)C1Cc2ccccc21. The van der Waals surface area contributed by atoms with Crippen molar-refractivity contribution in [1.82, 2.24) is 5.32 Å². The zero-order valence-corrected chi connectivity index (χ0v) is 12.7. The maximum atomic E-state index is 3.70. The number of hydrogen-bond acceptors (Lipinski definition) is 2. The van der Waals surface area contributed by atoms with Gasteiger partial charge >= 0.3 is 0 Å². The molecule has 2 atom stereocenters. The normalized spacial score (nSPS) is 18.8. The zero-order valence-electron chi connectivity index (χ0n) is 11.9. The number of nitrogens with one attached hydrogen (secondary N) is 1. The van der Waals surface area contributed by atoms with Gasteiger partial charge in [0.25, 0.3) is 0 Å². The quantitative estimate of drug-likeness (QED) is 0.871. The molecule has 0 saturated heterocycles. The molecule has 3 rings (SSSR count). The average Bonchev–Trinajstić information content (AvgIpc) is 2.69. The van der Waals surface area contributed by atoms with Crippen molar-refractivity contribution in [2.75, 3.05) is 6.54 Å². The van der Waals surface area contributed by atoms with Crippen molar-refractivity contribution in [3.63, 3.8) is 0 Å². The van der Waals surface area contributed by atoms with Gasteiger partial charge in [-0.05, 0) is 49.6 Å². The second kappa shape index (κ2) is 5.10. The third kappa shape index (κ3) is 2.24. The van der Waals surface area contributed by atoms with Crippen LogP contribution in [0, 0.1) is 13.8 Å². The van der Waals surface area contributed by atoms with Crippen LogP contribution in [0.15, 0.2) is 30.3 Å². The first-order valence-electron chi connectivity index (χ1n) is 7.08. The van der Waals surface area contributed by atoms with Crippen LogP contribution in [-0.4, -0.2) is 6.54 Å². The van der Waals surface area contributed by atoms with E-state index >= 15 is 0 Å². The summed E-state index contributed by atoms with van der Waals surface area (Å²) in [6.45, 7) is 7.69. The monoisotopic (exact) mass is 271 g/mol. The topological polar surface area (TPSA) is 12.0 Å². The lowest BCUT2D eigenvalue weighted by atomic mass is 9.71. The van der Waals surface area contributed by atoms with Gasteiger partial charge in [-0.25, -0.2) is 0 Å². The Labute approximate surface area is 119 Å². The summed E-state index contributed by atoms with van der Waals surface area (Å²) in [5.74, 6) is 0.642. The highest BCUT2D eigenvalue weighted by atomic mass is 32.1. The first-order chi connectivity index (χ1) is 9.20. The number of fused-ring (bicyclic) bond motifs is 1. The summed E-state index contributed by atoms with van der Waals surface area (Å²) in [5, 5.41) is 3.70. The number of aryl methyl sites for hydroxylation is 2. The summed E-state index contributed by atoms with van der Waals surface area (Å²) in [6.07, 6.45) is 1.21. The van der Waals surface area contributed by atoms with Crippen LogP contribution >= 0.6 is 11.3 Å². The molecule has 1 aromatic heterocycles. The molecule has 2 unspecified atom stereocenters. The maximum Gasteiger partial charge on any atom is 0.0403 e. The fraction of sp³-hybridized carbons (Fsp3) is 0.412. The summed E-state index contributed by atoms with van der Waals surface area (Å²) in [6, 6.07) is 11.7. The van der Waals surface area contributed by atoms with E-state index < -0.39 is 0 Å². The highest BCUT2D eigenvalue weighted by Gasteiger charge is 2.34. The van der Waals surface area contributed by atoms with Gasteiger partial charge in [-0.15, -0.1) is 11.3 Å². The molecular weight excluding hydrogens is 250 g/mol. The van der Waals surface area contributed by atoms with Crippen molar-refractivity contribution in [3.05, 3.63) is 56.8 Å². The molecule has 1 aliphatic rings. The van der Waals surface area contributed by atoms with Crippen LogP contribution < -0.4 is 5.32 Å². The fourth-order valence-corrected chi connectivity index (χ4v) is 4.22. The summed E-state index contributed by atoms with van der Waals surface area (Å²) in [4.78, 5) is 2.89. The number of thiophene rings is 1. The molecule has 0 spiro atoms. The van der Waals surface area contributed by atoms with Crippen LogP contribution in [0.3, 0.4) is 0 Å². The molecule has 1 aromatic carbocycles. The molecular formula is C17H21NS. The molecule has 0 amide bonds. The third-order valence-corrected chi connectivity index (χ3v) is 5.12. The van der Waals surface area contributed by atoms with E-state index in [1.807, 2.05) is 11.3 Å². The Morgan fingerprint density at radius 3 is 2.74 bits per heavy atom. The number of hydrogen-bond donors (Lipinski definition) is 1. The molecule has 0 saturated carbocycles. The van der Waals surface area contributed by atoms with Crippen molar-refractivity contribution in [2.24, 2.45) is 0 Å². The van der Waals surface area contributed by atoms with E-state index in [1.165, 1.54) is 32.9 Å². The Bertz CT molecular complexity index is 585. The van der Waals surface area contributed by atoms with Crippen LogP contribution in [0.5, 0.6) is 0 Å². The molecule has 100 valence electrons. The number of likely N-dealkylation sites (N-methyl/N-ethyl adjacent to an activating group) is 1. The van der Waals surface area contributed by atoms with Gasteiger partial charge < -0.3 is 5.32 Å². The minimum absolute atomic E-state index is 0.477. The first kappa shape index (κ1) is 12.9. The van der Waals surface area contributed by atoms with Crippen LogP contribution in [0.2, 0.25) is 0 Å².